The Morgan fingerprint density at radius 3 is 3.00 bits per heavy atom. The van der Waals surface area contributed by atoms with E-state index in [0.717, 1.165) is 25.7 Å². The molecule has 0 radical (unpaired) electrons. The van der Waals surface area contributed by atoms with Crippen molar-refractivity contribution in [3.05, 3.63) is 0 Å². The van der Waals surface area contributed by atoms with Gasteiger partial charge in [-0.3, -0.25) is 0 Å². The number of rotatable bonds is 6. The molecule has 3 rings (SSSR count). The van der Waals surface area contributed by atoms with Gasteiger partial charge in [-0.25, -0.2) is 0 Å². The number of fused-ring (bicyclic) bond motifs is 1. The molecule has 1 aliphatic carbocycles. The molecule has 5 heteroatoms. The lowest BCUT2D eigenvalue weighted by Crippen LogP contribution is -2.34. The van der Waals surface area contributed by atoms with Gasteiger partial charge in [0.1, 0.15) is 6.79 Å². The van der Waals surface area contributed by atoms with Crippen molar-refractivity contribution in [2.24, 2.45) is 0 Å². The van der Waals surface area contributed by atoms with Gasteiger partial charge in [-0.2, -0.15) is 0 Å². The Labute approximate surface area is 108 Å². The van der Waals surface area contributed by atoms with Crippen LogP contribution >= 0.6 is 0 Å². The highest BCUT2D eigenvalue weighted by molar-refractivity contribution is 5.03. The average Bonchev–Trinajstić information content (AvgIpc) is 3.03. The summed E-state index contributed by atoms with van der Waals surface area (Å²) in [5.74, 6) is 0. The monoisotopic (exact) mass is 258 g/mol. The van der Waals surface area contributed by atoms with Gasteiger partial charge in [0.15, 0.2) is 0 Å². The first-order valence-corrected chi connectivity index (χ1v) is 6.79. The summed E-state index contributed by atoms with van der Waals surface area (Å²) < 4.78 is 27.4. The molecule has 3 fully saturated rings. The Morgan fingerprint density at radius 1 is 1.22 bits per heavy atom. The van der Waals surface area contributed by atoms with Crippen molar-refractivity contribution in [2.45, 2.75) is 49.6 Å². The van der Waals surface area contributed by atoms with Crippen LogP contribution in [0.5, 0.6) is 0 Å². The quantitative estimate of drug-likeness (QED) is 0.406. The average molecular weight is 258 g/mol. The Morgan fingerprint density at radius 2 is 2.17 bits per heavy atom. The number of ether oxygens (including phenoxy) is 5. The summed E-state index contributed by atoms with van der Waals surface area (Å²) in [7, 11) is 1.66. The summed E-state index contributed by atoms with van der Waals surface area (Å²) in [6, 6.07) is 0. The number of methoxy groups -OCH3 is 1. The fourth-order valence-electron chi connectivity index (χ4n) is 3.06. The van der Waals surface area contributed by atoms with E-state index < -0.39 is 0 Å². The molecule has 5 nitrogen and oxygen atoms in total. The molecule has 4 unspecified atom stereocenters. The Hall–Kier alpha value is -0.200. The predicted molar refractivity (Wildman–Crippen MR) is 63.4 cm³/mol. The summed E-state index contributed by atoms with van der Waals surface area (Å²) in [6.07, 6.45) is 5.42. The summed E-state index contributed by atoms with van der Waals surface area (Å²) in [5.41, 5.74) is 0.0227. The first-order valence-electron chi connectivity index (χ1n) is 6.79. The van der Waals surface area contributed by atoms with Crippen LogP contribution in [0.2, 0.25) is 0 Å². The van der Waals surface area contributed by atoms with E-state index in [2.05, 4.69) is 0 Å². The molecule has 3 aliphatic rings. The molecule has 0 aromatic heterocycles. The lowest BCUT2D eigenvalue weighted by Gasteiger charge is -2.30. The minimum absolute atomic E-state index is 0.0227. The highest BCUT2D eigenvalue weighted by atomic mass is 16.7. The summed E-state index contributed by atoms with van der Waals surface area (Å²) in [4.78, 5) is 0. The molecular formula is C13H22O5. The third kappa shape index (κ3) is 2.86. The fourth-order valence-corrected chi connectivity index (χ4v) is 3.06. The van der Waals surface area contributed by atoms with Crippen LogP contribution in [0.4, 0.5) is 0 Å². The normalized spacial score (nSPS) is 42.2. The summed E-state index contributed by atoms with van der Waals surface area (Å²) in [5, 5.41) is 0. The van der Waals surface area contributed by atoms with E-state index in [9.17, 15) is 0 Å². The zero-order valence-corrected chi connectivity index (χ0v) is 10.9. The van der Waals surface area contributed by atoms with Crippen molar-refractivity contribution in [1.29, 1.82) is 0 Å². The van der Waals surface area contributed by atoms with E-state index in [1.54, 1.807) is 7.11 Å². The topological polar surface area (TPSA) is 49.5 Å². The van der Waals surface area contributed by atoms with Gasteiger partial charge in [-0.1, -0.05) is 0 Å². The van der Waals surface area contributed by atoms with Crippen LogP contribution in [0.1, 0.15) is 25.7 Å². The van der Waals surface area contributed by atoms with Crippen LogP contribution in [-0.2, 0) is 23.7 Å². The van der Waals surface area contributed by atoms with E-state index in [1.807, 2.05) is 0 Å². The van der Waals surface area contributed by atoms with Crippen LogP contribution in [0.15, 0.2) is 0 Å². The van der Waals surface area contributed by atoms with Gasteiger partial charge >= 0.3 is 0 Å². The molecule has 0 N–H and O–H groups in total. The first-order chi connectivity index (χ1) is 8.81. The van der Waals surface area contributed by atoms with Crippen molar-refractivity contribution < 1.29 is 23.7 Å². The molecule has 0 amide bonds. The van der Waals surface area contributed by atoms with Gasteiger partial charge in [-0.15, -0.1) is 0 Å². The maximum absolute atomic E-state index is 5.98. The third-order valence-electron chi connectivity index (χ3n) is 4.14. The predicted octanol–water partition coefficient (Wildman–Crippen LogP) is 1.10. The standard InChI is InChI=1S/C13H22O5/c1-14-4-5-15-9-16-10-6-13(17-8-10)3-2-11-12(7-13)18-11/h10-12H,2-9H2,1H3. The Balaban J connectivity index is 1.36. The Bertz CT molecular complexity index is 285. The zero-order chi connectivity index (χ0) is 12.4. The van der Waals surface area contributed by atoms with E-state index in [4.69, 9.17) is 23.7 Å². The van der Waals surface area contributed by atoms with Gasteiger partial charge in [0.2, 0.25) is 0 Å². The molecule has 0 aromatic carbocycles. The molecule has 2 saturated heterocycles. The maximum atomic E-state index is 5.98. The summed E-state index contributed by atoms with van der Waals surface area (Å²) in [6.45, 7) is 2.20. The Kier molecular flexibility index (Phi) is 3.86. The number of hydrogen-bond donors (Lipinski definition) is 0. The van der Waals surface area contributed by atoms with Crippen LogP contribution in [-0.4, -0.2) is 57.6 Å². The van der Waals surface area contributed by atoms with Crippen molar-refractivity contribution in [2.75, 3.05) is 33.7 Å². The van der Waals surface area contributed by atoms with Gasteiger partial charge in [0, 0.05) is 20.0 Å². The number of epoxide rings is 1. The largest absolute Gasteiger partial charge is 0.382 e. The molecule has 18 heavy (non-hydrogen) atoms. The molecule has 2 heterocycles. The van der Waals surface area contributed by atoms with Crippen molar-refractivity contribution in [3.63, 3.8) is 0 Å². The van der Waals surface area contributed by atoms with E-state index in [0.29, 0.717) is 38.8 Å². The maximum Gasteiger partial charge on any atom is 0.147 e. The lowest BCUT2D eigenvalue weighted by molar-refractivity contribution is -0.0975. The lowest BCUT2D eigenvalue weighted by atomic mass is 9.82. The molecule has 2 aliphatic heterocycles. The minimum Gasteiger partial charge on any atom is -0.382 e. The van der Waals surface area contributed by atoms with Gasteiger partial charge in [0.25, 0.3) is 0 Å². The van der Waals surface area contributed by atoms with Crippen LogP contribution in [0, 0.1) is 0 Å². The van der Waals surface area contributed by atoms with Crippen molar-refractivity contribution in [1.82, 2.24) is 0 Å². The van der Waals surface area contributed by atoms with E-state index >= 15 is 0 Å². The van der Waals surface area contributed by atoms with Crippen LogP contribution in [0.3, 0.4) is 0 Å². The summed E-state index contributed by atoms with van der Waals surface area (Å²) >= 11 is 0. The molecule has 1 spiro atoms. The molecule has 1 saturated carbocycles. The fraction of sp³-hybridized carbons (Fsp3) is 1.00. The van der Waals surface area contributed by atoms with Gasteiger partial charge in [0.05, 0.1) is 43.7 Å². The van der Waals surface area contributed by atoms with Crippen LogP contribution in [0.25, 0.3) is 0 Å². The SMILES string of the molecule is COCCOCOC1COC2(CCC3OC3C2)C1. The smallest absolute Gasteiger partial charge is 0.147 e. The van der Waals surface area contributed by atoms with Crippen molar-refractivity contribution >= 4 is 0 Å². The molecule has 0 bridgehead atoms. The first kappa shape index (κ1) is 12.8. The van der Waals surface area contributed by atoms with Crippen LogP contribution < -0.4 is 0 Å². The molecule has 4 atom stereocenters. The zero-order valence-electron chi connectivity index (χ0n) is 10.9. The second-order valence-electron chi connectivity index (χ2n) is 5.46. The second-order valence-corrected chi connectivity index (χ2v) is 5.46. The third-order valence-corrected chi connectivity index (χ3v) is 4.14. The van der Waals surface area contributed by atoms with E-state index in [-0.39, 0.29) is 11.7 Å². The van der Waals surface area contributed by atoms with Gasteiger partial charge < -0.3 is 23.7 Å². The highest BCUT2D eigenvalue weighted by Crippen LogP contribution is 2.47. The number of hydrogen-bond acceptors (Lipinski definition) is 5. The van der Waals surface area contributed by atoms with Gasteiger partial charge in [-0.05, 0) is 12.8 Å². The second kappa shape index (κ2) is 5.43. The van der Waals surface area contributed by atoms with Crippen molar-refractivity contribution in [3.8, 4) is 0 Å². The van der Waals surface area contributed by atoms with E-state index in [1.165, 1.54) is 0 Å². The molecular weight excluding hydrogens is 236 g/mol. The minimum atomic E-state index is 0.0227. The molecule has 0 aromatic rings. The molecule has 104 valence electrons. The highest BCUT2D eigenvalue weighted by Gasteiger charge is 2.54.